The zero-order valence-electron chi connectivity index (χ0n) is 23.4. The third-order valence-electron chi connectivity index (χ3n) is 8.67. The summed E-state index contributed by atoms with van der Waals surface area (Å²) in [6, 6.07) is 21.5. The van der Waals surface area contributed by atoms with Crippen LogP contribution in [0.2, 0.25) is 5.15 Å². The molecule has 0 unspecified atom stereocenters. The van der Waals surface area contributed by atoms with Crippen molar-refractivity contribution in [2.24, 2.45) is 5.73 Å². The van der Waals surface area contributed by atoms with Gasteiger partial charge in [0.25, 0.3) is 5.56 Å². The Morgan fingerprint density at radius 1 is 1.07 bits per heavy atom. The van der Waals surface area contributed by atoms with Crippen molar-refractivity contribution in [2.75, 3.05) is 5.32 Å². The molecule has 0 spiro atoms. The lowest BCUT2D eigenvalue weighted by atomic mass is 9.93. The normalized spacial score (nSPS) is 17.9. The minimum atomic E-state index is -0.672. The van der Waals surface area contributed by atoms with E-state index in [1.807, 2.05) is 12.1 Å². The summed E-state index contributed by atoms with van der Waals surface area (Å²) in [5.41, 5.74) is 8.73. The number of aryl methyl sites for hydroxylation is 1. The molecule has 6 rings (SSSR count). The molecule has 2 atom stereocenters. The fourth-order valence-corrected chi connectivity index (χ4v) is 6.49. The Balaban J connectivity index is 1.22. The lowest BCUT2D eigenvalue weighted by molar-refractivity contribution is -0.124. The first kappa shape index (κ1) is 28.0. The first-order valence-electron chi connectivity index (χ1n) is 14.6. The van der Waals surface area contributed by atoms with Gasteiger partial charge in [-0.25, -0.2) is 4.98 Å². The van der Waals surface area contributed by atoms with Crippen molar-refractivity contribution in [3.05, 3.63) is 105 Å². The summed E-state index contributed by atoms with van der Waals surface area (Å²) >= 11 is 6.77. The predicted octanol–water partition coefficient (Wildman–Crippen LogP) is 5.67. The number of benzene rings is 3. The summed E-state index contributed by atoms with van der Waals surface area (Å²) in [5.74, 6) is -0.0586. The molecule has 3 aromatic carbocycles. The van der Waals surface area contributed by atoms with E-state index >= 15 is 0 Å². The van der Waals surface area contributed by atoms with Gasteiger partial charge in [-0.2, -0.15) is 0 Å². The summed E-state index contributed by atoms with van der Waals surface area (Å²) in [6.07, 6.45) is 6.16. The maximum absolute atomic E-state index is 13.7. The maximum Gasteiger partial charge on any atom is 0.294 e. The number of halogens is 1. The molecule has 1 aromatic heterocycles. The molecule has 1 aliphatic carbocycles. The van der Waals surface area contributed by atoms with Gasteiger partial charge in [0.2, 0.25) is 5.91 Å². The molecule has 0 bridgehead atoms. The van der Waals surface area contributed by atoms with Crippen LogP contribution in [0.4, 0.5) is 5.82 Å². The number of nitrogen functional groups attached to an aromatic ring is 1. The molecule has 9 heteroatoms. The second kappa shape index (κ2) is 12.0. The number of amides is 1. The maximum atomic E-state index is 13.7. The van der Waals surface area contributed by atoms with Crippen LogP contribution in [0.25, 0.3) is 10.8 Å². The first-order chi connectivity index (χ1) is 20.4. The van der Waals surface area contributed by atoms with Gasteiger partial charge in [-0.3, -0.25) is 19.6 Å². The number of nitrogens with one attached hydrogen (secondary N) is 3. The quantitative estimate of drug-likeness (QED) is 0.142. The highest BCUT2D eigenvalue weighted by Gasteiger charge is 2.39. The Morgan fingerprint density at radius 2 is 1.83 bits per heavy atom. The van der Waals surface area contributed by atoms with Crippen molar-refractivity contribution >= 4 is 39.9 Å². The number of hydrogen-bond donors (Lipinski definition) is 4. The van der Waals surface area contributed by atoms with E-state index in [1.54, 1.807) is 16.7 Å². The molecule has 4 aromatic rings. The third kappa shape index (κ3) is 5.63. The highest BCUT2D eigenvalue weighted by molar-refractivity contribution is 6.30. The largest absolute Gasteiger partial charge is 0.384 e. The first-order valence-corrected chi connectivity index (χ1v) is 15.0. The fourth-order valence-electron chi connectivity index (χ4n) is 6.16. The summed E-state index contributed by atoms with van der Waals surface area (Å²) < 4.78 is 1.59. The Kier molecular flexibility index (Phi) is 7.98. The van der Waals surface area contributed by atoms with Gasteiger partial charge in [0.1, 0.15) is 11.9 Å². The van der Waals surface area contributed by atoms with Crippen molar-refractivity contribution in [1.82, 2.24) is 14.9 Å². The Bertz CT molecular complexity index is 1690. The van der Waals surface area contributed by atoms with Gasteiger partial charge in [-0.05, 0) is 66.8 Å². The molecule has 8 nitrogen and oxygen atoms in total. The van der Waals surface area contributed by atoms with Crippen LogP contribution in [0.1, 0.15) is 72.9 Å². The van der Waals surface area contributed by atoms with E-state index in [4.69, 9.17) is 22.7 Å². The lowest BCUT2D eigenvalue weighted by Gasteiger charge is -2.27. The summed E-state index contributed by atoms with van der Waals surface area (Å²) in [6.45, 7) is 0.301. The SMILES string of the molecule is N=C(N)c1ccc(CNC(=O)[C@@H]2C[C@@H](CCCc3cccc4ccccc34)c3c(Cl)nc(NC4CCC4)c(=O)n32)cc1. The molecule has 1 amide bonds. The van der Waals surface area contributed by atoms with Gasteiger partial charge in [-0.1, -0.05) is 78.3 Å². The van der Waals surface area contributed by atoms with E-state index in [-0.39, 0.29) is 35.1 Å². The minimum Gasteiger partial charge on any atom is -0.384 e. The second-order valence-corrected chi connectivity index (χ2v) is 11.7. The Hall–Kier alpha value is -4.17. The highest BCUT2D eigenvalue weighted by atomic mass is 35.5. The number of carbonyl (C=O) groups is 1. The lowest BCUT2D eigenvalue weighted by Crippen LogP contribution is -2.38. The molecule has 0 saturated heterocycles. The van der Waals surface area contributed by atoms with E-state index in [0.717, 1.165) is 44.1 Å². The molecular formula is C33H35ClN6O2. The topological polar surface area (TPSA) is 126 Å². The summed E-state index contributed by atoms with van der Waals surface area (Å²) in [4.78, 5) is 31.8. The Labute approximate surface area is 249 Å². The monoisotopic (exact) mass is 582 g/mol. The average Bonchev–Trinajstić information content (AvgIpc) is 3.37. The van der Waals surface area contributed by atoms with Gasteiger partial charge < -0.3 is 16.4 Å². The van der Waals surface area contributed by atoms with Gasteiger partial charge in [0, 0.05) is 24.1 Å². The van der Waals surface area contributed by atoms with Crippen LogP contribution in [0.15, 0.2) is 71.5 Å². The number of aromatic nitrogens is 2. The molecular weight excluding hydrogens is 548 g/mol. The van der Waals surface area contributed by atoms with E-state index in [2.05, 4.69) is 58.1 Å². The number of nitrogens with zero attached hydrogens (tertiary/aromatic N) is 2. The second-order valence-electron chi connectivity index (χ2n) is 11.4. The zero-order chi connectivity index (χ0) is 29.2. The standard InChI is InChI=1S/C33H35ClN6O2/c34-29-28-24(10-4-9-22-8-3-7-21-6-1-2-13-26(21)22)18-27(40(28)33(42)31(39-29)38-25-11-5-12-25)32(41)37-19-20-14-16-23(17-15-20)30(35)36/h1-3,6-8,13-17,24-25,27H,4-5,9-12,18-19H2,(H3,35,36)(H,37,41)(H,38,39)/t24-,27+/m1/s1. The van der Waals surface area contributed by atoms with Gasteiger partial charge in [-0.15, -0.1) is 0 Å². The van der Waals surface area contributed by atoms with Crippen LogP contribution >= 0.6 is 11.6 Å². The smallest absolute Gasteiger partial charge is 0.294 e. The molecule has 1 saturated carbocycles. The van der Waals surface area contributed by atoms with E-state index in [9.17, 15) is 9.59 Å². The van der Waals surface area contributed by atoms with Crippen LogP contribution in [0.5, 0.6) is 0 Å². The number of nitrogens with two attached hydrogens (primary N) is 1. The van der Waals surface area contributed by atoms with E-state index in [1.165, 1.54) is 16.3 Å². The number of anilines is 1. The number of hydrogen-bond acceptors (Lipinski definition) is 5. The predicted molar refractivity (Wildman–Crippen MR) is 167 cm³/mol. The van der Waals surface area contributed by atoms with Crippen molar-refractivity contribution < 1.29 is 4.79 Å². The van der Waals surface area contributed by atoms with Crippen LogP contribution in [0, 0.1) is 5.41 Å². The fraction of sp³-hybridized carbons (Fsp3) is 0.333. The van der Waals surface area contributed by atoms with Gasteiger partial charge >= 0.3 is 0 Å². The molecule has 0 radical (unpaired) electrons. The van der Waals surface area contributed by atoms with Gasteiger partial charge in [0.15, 0.2) is 11.0 Å². The van der Waals surface area contributed by atoms with Crippen molar-refractivity contribution in [3.8, 4) is 0 Å². The number of fused-ring (bicyclic) bond motifs is 2. The molecule has 2 heterocycles. The van der Waals surface area contributed by atoms with Crippen LogP contribution in [-0.4, -0.2) is 27.3 Å². The Morgan fingerprint density at radius 3 is 2.57 bits per heavy atom. The van der Waals surface area contributed by atoms with E-state index < -0.39 is 6.04 Å². The minimum absolute atomic E-state index is 0.00387. The average molecular weight is 583 g/mol. The number of carbonyl (C=O) groups excluding carboxylic acids is 1. The number of rotatable bonds is 10. The highest BCUT2D eigenvalue weighted by Crippen LogP contribution is 2.42. The van der Waals surface area contributed by atoms with Crippen molar-refractivity contribution in [3.63, 3.8) is 0 Å². The zero-order valence-corrected chi connectivity index (χ0v) is 24.2. The molecule has 5 N–H and O–H groups in total. The molecule has 1 aliphatic heterocycles. The summed E-state index contributed by atoms with van der Waals surface area (Å²) in [7, 11) is 0. The van der Waals surface area contributed by atoms with E-state index in [0.29, 0.717) is 29.4 Å². The molecule has 1 fully saturated rings. The van der Waals surface area contributed by atoms with Crippen LogP contribution in [0.3, 0.4) is 0 Å². The number of amidine groups is 1. The van der Waals surface area contributed by atoms with Gasteiger partial charge in [0.05, 0.1) is 5.69 Å². The summed E-state index contributed by atoms with van der Waals surface area (Å²) in [5, 5.41) is 16.6. The van der Waals surface area contributed by atoms with Crippen LogP contribution < -0.4 is 21.9 Å². The molecule has 42 heavy (non-hydrogen) atoms. The molecule has 216 valence electrons. The third-order valence-corrected chi connectivity index (χ3v) is 8.95. The van der Waals surface area contributed by atoms with Crippen molar-refractivity contribution in [2.45, 2.75) is 69.5 Å². The van der Waals surface area contributed by atoms with Crippen LogP contribution in [-0.2, 0) is 17.8 Å². The van der Waals surface area contributed by atoms with Crippen molar-refractivity contribution in [1.29, 1.82) is 5.41 Å². The molecule has 2 aliphatic rings.